The van der Waals surface area contributed by atoms with Gasteiger partial charge in [0.25, 0.3) is 0 Å². The Bertz CT molecular complexity index is 291. The minimum absolute atomic E-state index is 0.903. The van der Waals surface area contributed by atoms with Crippen molar-refractivity contribution in [3.8, 4) is 0 Å². The van der Waals surface area contributed by atoms with Crippen molar-refractivity contribution in [2.75, 3.05) is 26.7 Å². The Labute approximate surface area is 104 Å². The van der Waals surface area contributed by atoms with Gasteiger partial charge in [-0.15, -0.1) is 0 Å². The van der Waals surface area contributed by atoms with Gasteiger partial charge in [-0.3, -0.25) is 4.90 Å². The lowest BCUT2D eigenvalue weighted by Gasteiger charge is -2.23. The van der Waals surface area contributed by atoms with Crippen LogP contribution in [0.3, 0.4) is 0 Å². The molecule has 3 nitrogen and oxygen atoms in total. The highest BCUT2D eigenvalue weighted by molar-refractivity contribution is 4.97. The van der Waals surface area contributed by atoms with Crippen LogP contribution in [-0.2, 0) is 6.54 Å². The molecule has 96 valence electrons. The number of hydrogen-bond donors (Lipinski definition) is 1. The molecule has 0 radical (unpaired) electrons. The molecule has 2 heterocycles. The number of hydrogen-bond acceptors (Lipinski definition) is 3. The van der Waals surface area contributed by atoms with E-state index in [4.69, 9.17) is 4.42 Å². The molecule has 0 amide bonds. The highest BCUT2D eigenvalue weighted by atomic mass is 16.3. The van der Waals surface area contributed by atoms with Crippen molar-refractivity contribution in [1.82, 2.24) is 10.2 Å². The zero-order chi connectivity index (χ0) is 11.9. The van der Waals surface area contributed by atoms with Crippen molar-refractivity contribution in [3.05, 3.63) is 24.2 Å². The van der Waals surface area contributed by atoms with Gasteiger partial charge in [-0.1, -0.05) is 0 Å². The van der Waals surface area contributed by atoms with Crippen molar-refractivity contribution < 1.29 is 4.42 Å². The van der Waals surface area contributed by atoms with E-state index in [0.29, 0.717) is 0 Å². The summed E-state index contributed by atoms with van der Waals surface area (Å²) >= 11 is 0. The molecule has 3 heteroatoms. The van der Waals surface area contributed by atoms with Crippen LogP contribution in [0.2, 0.25) is 0 Å². The quantitative estimate of drug-likeness (QED) is 0.822. The van der Waals surface area contributed by atoms with Crippen molar-refractivity contribution in [1.29, 1.82) is 0 Å². The predicted octanol–water partition coefficient (Wildman–Crippen LogP) is 2.49. The van der Waals surface area contributed by atoms with Gasteiger partial charge >= 0.3 is 0 Å². The van der Waals surface area contributed by atoms with Crippen LogP contribution in [0, 0.1) is 5.92 Å². The number of furan rings is 1. The van der Waals surface area contributed by atoms with Crippen LogP contribution in [0.1, 0.15) is 31.4 Å². The molecule has 2 rings (SSSR count). The minimum Gasteiger partial charge on any atom is -0.468 e. The van der Waals surface area contributed by atoms with E-state index in [0.717, 1.165) is 24.8 Å². The summed E-state index contributed by atoms with van der Waals surface area (Å²) in [5.74, 6) is 1.97. The van der Waals surface area contributed by atoms with Crippen LogP contribution in [-0.4, -0.2) is 31.6 Å². The number of nitrogens with one attached hydrogen (secondary N) is 1. The summed E-state index contributed by atoms with van der Waals surface area (Å²) in [4.78, 5) is 2.34. The maximum absolute atomic E-state index is 5.35. The van der Waals surface area contributed by atoms with E-state index in [9.17, 15) is 0 Å². The fourth-order valence-electron chi connectivity index (χ4n) is 2.57. The lowest BCUT2D eigenvalue weighted by Crippen LogP contribution is -2.30. The van der Waals surface area contributed by atoms with Crippen LogP contribution >= 0.6 is 0 Å². The van der Waals surface area contributed by atoms with E-state index in [1.54, 1.807) is 6.26 Å². The molecule has 1 atom stereocenters. The Balaban J connectivity index is 1.58. The third-order valence-corrected chi connectivity index (χ3v) is 3.56. The maximum atomic E-state index is 5.35. The molecule has 1 aliphatic rings. The molecule has 0 aliphatic carbocycles. The molecule has 0 bridgehead atoms. The lowest BCUT2D eigenvalue weighted by molar-refractivity contribution is 0.269. The van der Waals surface area contributed by atoms with Crippen LogP contribution in [0.5, 0.6) is 0 Å². The standard InChI is InChI=1S/C14H24N2O/c1-16(12-14-7-4-10-17-14)9-3-6-13-5-2-8-15-11-13/h4,7,10,13,15H,2-3,5-6,8-9,11-12H2,1H3. The van der Waals surface area contributed by atoms with Gasteiger partial charge < -0.3 is 9.73 Å². The second kappa shape index (κ2) is 6.82. The molecule has 1 unspecified atom stereocenters. The molecule has 1 N–H and O–H groups in total. The van der Waals surface area contributed by atoms with E-state index in [1.807, 2.05) is 12.1 Å². The lowest BCUT2D eigenvalue weighted by atomic mass is 9.95. The summed E-state index contributed by atoms with van der Waals surface area (Å²) in [5, 5.41) is 3.48. The molecule has 1 aromatic heterocycles. The van der Waals surface area contributed by atoms with Crippen molar-refractivity contribution in [2.24, 2.45) is 5.92 Å². The largest absolute Gasteiger partial charge is 0.468 e. The van der Waals surface area contributed by atoms with Gasteiger partial charge in [0, 0.05) is 0 Å². The van der Waals surface area contributed by atoms with Crippen molar-refractivity contribution in [3.63, 3.8) is 0 Å². The number of piperidine rings is 1. The monoisotopic (exact) mass is 236 g/mol. The fourth-order valence-corrected chi connectivity index (χ4v) is 2.57. The van der Waals surface area contributed by atoms with Gasteiger partial charge in [-0.2, -0.15) is 0 Å². The molecular formula is C14H24N2O. The van der Waals surface area contributed by atoms with Gasteiger partial charge in [0.2, 0.25) is 0 Å². The molecular weight excluding hydrogens is 212 g/mol. The summed E-state index contributed by atoms with van der Waals surface area (Å²) in [6.45, 7) is 4.53. The minimum atomic E-state index is 0.903. The van der Waals surface area contributed by atoms with Crippen molar-refractivity contribution >= 4 is 0 Å². The smallest absolute Gasteiger partial charge is 0.117 e. The van der Waals surface area contributed by atoms with Gasteiger partial charge in [0.05, 0.1) is 12.8 Å². The highest BCUT2D eigenvalue weighted by Gasteiger charge is 2.12. The average molecular weight is 236 g/mol. The second-order valence-electron chi connectivity index (χ2n) is 5.17. The first-order valence-electron chi connectivity index (χ1n) is 6.76. The molecule has 1 aromatic rings. The van der Waals surface area contributed by atoms with Crippen LogP contribution in [0.15, 0.2) is 22.8 Å². The molecule has 17 heavy (non-hydrogen) atoms. The molecule has 0 saturated carbocycles. The molecule has 1 aliphatic heterocycles. The third kappa shape index (κ3) is 4.52. The highest BCUT2D eigenvalue weighted by Crippen LogP contribution is 2.16. The zero-order valence-corrected chi connectivity index (χ0v) is 10.8. The van der Waals surface area contributed by atoms with Gasteiger partial charge in [0.1, 0.15) is 5.76 Å². The summed E-state index contributed by atoms with van der Waals surface area (Å²) in [7, 11) is 2.17. The summed E-state index contributed by atoms with van der Waals surface area (Å²) in [6, 6.07) is 4.00. The number of nitrogens with zero attached hydrogens (tertiary/aromatic N) is 1. The Kier molecular flexibility index (Phi) is 5.08. The van der Waals surface area contributed by atoms with Crippen LogP contribution in [0.25, 0.3) is 0 Å². The van der Waals surface area contributed by atoms with Gasteiger partial charge in [-0.05, 0) is 70.4 Å². The topological polar surface area (TPSA) is 28.4 Å². The number of rotatable bonds is 6. The Morgan fingerprint density at radius 2 is 2.47 bits per heavy atom. The first kappa shape index (κ1) is 12.7. The van der Waals surface area contributed by atoms with E-state index in [1.165, 1.54) is 38.8 Å². The van der Waals surface area contributed by atoms with Gasteiger partial charge in [0.15, 0.2) is 0 Å². The molecule has 0 spiro atoms. The Morgan fingerprint density at radius 1 is 1.53 bits per heavy atom. The average Bonchev–Trinajstić information content (AvgIpc) is 2.83. The SMILES string of the molecule is CN(CCCC1CCCNC1)Cc1ccco1. The van der Waals surface area contributed by atoms with Crippen LogP contribution < -0.4 is 5.32 Å². The predicted molar refractivity (Wildman–Crippen MR) is 69.9 cm³/mol. The van der Waals surface area contributed by atoms with E-state index in [-0.39, 0.29) is 0 Å². The Morgan fingerprint density at radius 3 is 3.18 bits per heavy atom. The van der Waals surface area contributed by atoms with E-state index >= 15 is 0 Å². The molecule has 1 fully saturated rings. The summed E-state index contributed by atoms with van der Waals surface area (Å²) in [5.41, 5.74) is 0. The van der Waals surface area contributed by atoms with E-state index in [2.05, 4.69) is 17.3 Å². The summed E-state index contributed by atoms with van der Waals surface area (Å²) < 4.78 is 5.35. The fraction of sp³-hybridized carbons (Fsp3) is 0.714. The molecule has 1 saturated heterocycles. The first-order chi connectivity index (χ1) is 8.34. The summed E-state index contributed by atoms with van der Waals surface area (Å²) in [6.07, 6.45) is 7.16. The normalized spacial score (nSPS) is 20.9. The second-order valence-corrected chi connectivity index (χ2v) is 5.17. The maximum Gasteiger partial charge on any atom is 0.117 e. The first-order valence-corrected chi connectivity index (χ1v) is 6.76. The molecule has 0 aromatic carbocycles. The van der Waals surface area contributed by atoms with Crippen molar-refractivity contribution in [2.45, 2.75) is 32.2 Å². The van der Waals surface area contributed by atoms with Gasteiger partial charge in [-0.25, -0.2) is 0 Å². The zero-order valence-electron chi connectivity index (χ0n) is 10.8. The van der Waals surface area contributed by atoms with E-state index < -0.39 is 0 Å². The Hall–Kier alpha value is -0.800. The third-order valence-electron chi connectivity index (χ3n) is 3.56. The van der Waals surface area contributed by atoms with Crippen LogP contribution in [0.4, 0.5) is 0 Å².